The Morgan fingerprint density at radius 2 is 1.07 bits per heavy atom. The number of hydrogen-bond acceptors (Lipinski definition) is 3. The van der Waals surface area contributed by atoms with Crippen molar-refractivity contribution in [2.45, 2.75) is 0 Å². The van der Waals surface area contributed by atoms with Crippen LogP contribution in [0.2, 0.25) is 5.02 Å². The Morgan fingerprint density at radius 3 is 1.54 bits per heavy atom. The number of anilines is 1. The SMILES string of the molecule is O=C(Nc1cccc(Cl)c1)/C(NC(=O)c1ccccc1)=C(\S)[P+](c1ccccc1)(c1ccccc1)c1ccccc1. The van der Waals surface area contributed by atoms with Crippen molar-refractivity contribution in [2.75, 3.05) is 5.32 Å². The normalized spacial score (nSPS) is 11.8. The molecule has 0 unspecified atom stereocenters. The maximum atomic E-state index is 14.1. The summed E-state index contributed by atoms with van der Waals surface area (Å²) in [6.45, 7) is 0. The minimum atomic E-state index is -2.77. The Hall–Kier alpha value is -4.15. The summed E-state index contributed by atoms with van der Waals surface area (Å²) >= 11 is 11.4. The third-order valence-electron chi connectivity index (χ3n) is 6.56. The molecule has 2 N–H and O–H groups in total. The Labute approximate surface area is 250 Å². The number of amides is 2. The van der Waals surface area contributed by atoms with E-state index in [0.29, 0.717) is 20.9 Å². The fourth-order valence-electron chi connectivity index (χ4n) is 4.69. The van der Waals surface area contributed by atoms with Gasteiger partial charge in [0.1, 0.15) is 15.9 Å². The van der Waals surface area contributed by atoms with E-state index in [-0.39, 0.29) is 5.70 Å². The minimum Gasteiger partial charge on any atom is -0.321 e. The first kappa shape index (κ1) is 28.4. The van der Waals surface area contributed by atoms with Crippen LogP contribution in [0, 0.1) is 0 Å². The zero-order chi connectivity index (χ0) is 28.7. The quantitative estimate of drug-likeness (QED) is 0.105. The lowest BCUT2D eigenvalue weighted by Crippen LogP contribution is -2.37. The summed E-state index contributed by atoms with van der Waals surface area (Å²) in [7, 11) is -2.77. The fourth-order valence-corrected chi connectivity index (χ4v) is 10.1. The van der Waals surface area contributed by atoms with E-state index < -0.39 is 19.1 Å². The molecule has 5 aromatic carbocycles. The lowest BCUT2D eigenvalue weighted by atomic mass is 10.2. The lowest BCUT2D eigenvalue weighted by molar-refractivity contribution is -0.113. The summed E-state index contributed by atoms with van der Waals surface area (Å²) in [5, 5.41) is 9.30. The molecule has 5 aromatic rings. The molecule has 0 atom stereocenters. The maximum Gasteiger partial charge on any atom is 0.276 e. The van der Waals surface area contributed by atoms with Crippen LogP contribution in [0.25, 0.3) is 0 Å². The van der Waals surface area contributed by atoms with Crippen molar-refractivity contribution < 1.29 is 9.59 Å². The van der Waals surface area contributed by atoms with E-state index in [9.17, 15) is 9.59 Å². The van der Waals surface area contributed by atoms with Gasteiger partial charge >= 0.3 is 0 Å². The molecular formula is C34H27ClN2O2PS+. The van der Waals surface area contributed by atoms with Gasteiger partial charge in [-0.05, 0) is 66.7 Å². The molecule has 0 heterocycles. The highest BCUT2D eigenvalue weighted by Crippen LogP contribution is 2.64. The third-order valence-corrected chi connectivity index (χ3v) is 12.0. The van der Waals surface area contributed by atoms with Gasteiger partial charge in [0.15, 0.2) is 17.6 Å². The second-order valence-electron chi connectivity index (χ2n) is 9.16. The molecule has 0 aliphatic carbocycles. The van der Waals surface area contributed by atoms with Gasteiger partial charge in [0.05, 0.1) is 0 Å². The monoisotopic (exact) mass is 593 g/mol. The zero-order valence-electron chi connectivity index (χ0n) is 21.9. The van der Waals surface area contributed by atoms with Crippen LogP contribution in [-0.4, -0.2) is 11.8 Å². The van der Waals surface area contributed by atoms with Gasteiger partial charge in [0.2, 0.25) is 0 Å². The molecule has 202 valence electrons. The van der Waals surface area contributed by atoms with Crippen LogP contribution in [0.1, 0.15) is 10.4 Å². The first-order valence-electron chi connectivity index (χ1n) is 12.9. The molecule has 2 amide bonds. The average molecular weight is 594 g/mol. The summed E-state index contributed by atoms with van der Waals surface area (Å²) in [4.78, 5) is 27.7. The van der Waals surface area contributed by atoms with Gasteiger partial charge in [-0.3, -0.25) is 9.59 Å². The topological polar surface area (TPSA) is 58.2 Å². The number of rotatable bonds is 8. The standard InChI is InChI=1S/C34H26ClN2O2PS/c35-26-16-13-17-27(24-26)36-33(39)31(37-32(38)25-14-5-1-6-15-25)34(41)40(28-18-7-2-8-19-28,29-20-9-3-10-21-29)30-22-11-4-12-23-30/h1-24H,(H2-,36,37,38,39,41)/p+1. The molecule has 0 radical (unpaired) electrons. The van der Waals surface area contributed by atoms with E-state index in [1.54, 1.807) is 48.5 Å². The summed E-state index contributed by atoms with van der Waals surface area (Å²) in [6.07, 6.45) is 0. The Kier molecular flexibility index (Phi) is 9.01. The fraction of sp³-hybridized carbons (Fsp3) is 0. The average Bonchev–Trinajstić information content (AvgIpc) is 3.02. The van der Waals surface area contributed by atoms with E-state index >= 15 is 0 Å². The largest absolute Gasteiger partial charge is 0.321 e. The van der Waals surface area contributed by atoms with E-state index in [2.05, 4.69) is 47.0 Å². The third kappa shape index (κ3) is 6.13. The number of hydrogen-bond donors (Lipinski definition) is 3. The van der Waals surface area contributed by atoms with Gasteiger partial charge in [0.25, 0.3) is 11.8 Å². The molecule has 5 rings (SSSR count). The second kappa shape index (κ2) is 13.0. The van der Waals surface area contributed by atoms with Gasteiger partial charge in [-0.1, -0.05) is 90.5 Å². The smallest absolute Gasteiger partial charge is 0.276 e. The summed E-state index contributed by atoms with van der Waals surface area (Å²) in [5.74, 6) is -0.922. The number of carbonyl (C=O) groups excluding carboxylic acids is 2. The van der Waals surface area contributed by atoms with Crippen LogP contribution >= 0.6 is 31.5 Å². The van der Waals surface area contributed by atoms with Gasteiger partial charge in [-0.25, -0.2) is 0 Å². The number of thiol groups is 1. The van der Waals surface area contributed by atoms with Crippen LogP contribution in [0.3, 0.4) is 0 Å². The summed E-state index contributed by atoms with van der Waals surface area (Å²) < 4.78 is 0.463. The number of nitrogens with one attached hydrogen (secondary N) is 2. The van der Waals surface area contributed by atoms with Crippen molar-refractivity contribution in [3.8, 4) is 0 Å². The molecule has 0 aromatic heterocycles. The van der Waals surface area contributed by atoms with Crippen molar-refractivity contribution in [3.05, 3.63) is 167 Å². The first-order valence-corrected chi connectivity index (χ1v) is 15.5. The van der Waals surface area contributed by atoms with Crippen molar-refractivity contribution in [2.24, 2.45) is 0 Å². The van der Waals surface area contributed by atoms with Crippen molar-refractivity contribution >= 4 is 64.9 Å². The zero-order valence-corrected chi connectivity index (χ0v) is 24.5. The predicted molar refractivity (Wildman–Crippen MR) is 175 cm³/mol. The first-order chi connectivity index (χ1) is 20.0. The molecular weight excluding hydrogens is 567 g/mol. The molecule has 4 nitrogen and oxygen atoms in total. The molecule has 7 heteroatoms. The summed E-state index contributed by atoms with van der Waals surface area (Å²) in [6, 6.07) is 45.7. The molecule has 41 heavy (non-hydrogen) atoms. The van der Waals surface area contributed by atoms with Gasteiger partial charge in [-0.15, -0.1) is 12.6 Å². The number of benzene rings is 5. The molecule has 0 fully saturated rings. The molecule has 0 aliphatic rings. The van der Waals surface area contributed by atoms with E-state index in [0.717, 1.165) is 15.9 Å². The highest BCUT2D eigenvalue weighted by molar-refractivity contribution is 8.11. The lowest BCUT2D eigenvalue weighted by Gasteiger charge is -2.28. The number of carbonyl (C=O) groups is 2. The molecule has 0 bridgehead atoms. The second-order valence-corrected chi connectivity index (χ2v) is 13.7. The van der Waals surface area contributed by atoms with Crippen LogP contribution in [0.4, 0.5) is 5.69 Å². The Bertz CT molecular complexity index is 1590. The van der Waals surface area contributed by atoms with E-state index in [1.807, 2.05) is 60.7 Å². The maximum absolute atomic E-state index is 14.1. The Morgan fingerprint density at radius 1 is 0.610 bits per heavy atom. The van der Waals surface area contributed by atoms with Crippen molar-refractivity contribution in [3.63, 3.8) is 0 Å². The van der Waals surface area contributed by atoms with Crippen molar-refractivity contribution in [1.82, 2.24) is 5.32 Å². The van der Waals surface area contributed by atoms with Gasteiger partial charge in [0, 0.05) is 16.3 Å². The molecule has 0 saturated heterocycles. The van der Waals surface area contributed by atoms with E-state index in [4.69, 9.17) is 24.2 Å². The van der Waals surface area contributed by atoms with E-state index in [1.165, 1.54) is 0 Å². The van der Waals surface area contributed by atoms with Gasteiger partial charge in [-0.2, -0.15) is 0 Å². The minimum absolute atomic E-state index is 0.0621. The Balaban J connectivity index is 1.79. The van der Waals surface area contributed by atoms with Crippen LogP contribution in [0.15, 0.2) is 156 Å². The highest BCUT2D eigenvalue weighted by atomic mass is 35.5. The number of halogens is 1. The van der Waals surface area contributed by atoms with Crippen LogP contribution < -0.4 is 26.5 Å². The highest BCUT2D eigenvalue weighted by Gasteiger charge is 2.51. The molecule has 0 spiro atoms. The molecule has 0 aliphatic heterocycles. The summed E-state index contributed by atoms with van der Waals surface area (Å²) in [5.41, 5.74) is 0.981. The van der Waals surface area contributed by atoms with Crippen LogP contribution in [0.5, 0.6) is 0 Å². The van der Waals surface area contributed by atoms with Gasteiger partial charge < -0.3 is 10.6 Å². The van der Waals surface area contributed by atoms with Crippen molar-refractivity contribution in [1.29, 1.82) is 0 Å². The molecule has 0 saturated carbocycles. The predicted octanol–water partition coefficient (Wildman–Crippen LogP) is 6.80. The van der Waals surface area contributed by atoms with Crippen LogP contribution in [-0.2, 0) is 4.79 Å².